The summed E-state index contributed by atoms with van der Waals surface area (Å²) >= 11 is 0. The van der Waals surface area contributed by atoms with Crippen molar-refractivity contribution < 1.29 is 4.79 Å². The Labute approximate surface area is 110 Å². The van der Waals surface area contributed by atoms with Crippen LogP contribution in [-0.4, -0.2) is 25.5 Å². The number of nitrogens with one attached hydrogen (secondary N) is 2. The van der Waals surface area contributed by atoms with Crippen LogP contribution in [-0.2, 0) is 4.79 Å². The topological polar surface area (TPSA) is 41.1 Å². The Bertz CT molecular complexity index is 285. The maximum absolute atomic E-state index is 12.0. The maximum Gasteiger partial charge on any atom is 0.223 e. The standard InChI is InChI=1S/C13H22N2O.ClH/c16-12(15-9-10-2-1-3-10)11-8-13(11)4-6-14-7-5-13;/h10-11,14H,1-9H2,(H,15,16);1H. The van der Waals surface area contributed by atoms with Crippen molar-refractivity contribution in [3.63, 3.8) is 0 Å². The van der Waals surface area contributed by atoms with Gasteiger partial charge in [-0.1, -0.05) is 6.42 Å². The first-order chi connectivity index (χ1) is 7.80. The second-order valence-electron chi connectivity index (χ2n) is 5.91. The Hall–Kier alpha value is -0.280. The highest BCUT2D eigenvalue weighted by atomic mass is 35.5. The molecule has 1 saturated heterocycles. The summed E-state index contributed by atoms with van der Waals surface area (Å²) in [4.78, 5) is 12.0. The van der Waals surface area contributed by atoms with Gasteiger partial charge in [0.25, 0.3) is 0 Å². The normalized spacial score (nSPS) is 30.2. The van der Waals surface area contributed by atoms with Crippen molar-refractivity contribution in [2.24, 2.45) is 17.3 Å². The van der Waals surface area contributed by atoms with E-state index in [1.807, 2.05) is 0 Å². The molecule has 0 radical (unpaired) electrons. The SMILES string of the molecule is Cl.O=C(NCC1CCC1)C1CC12CCNCC2. The molecule has 2 saturated carbocycles. The predicted octanol–water partition coefficient (Wildman–Crippen LogP) is 1.71. The van der Waals surface area contributed by atoms with Gasteiger partial charge in [0.15, 0.2) is 0 Å². The fraction of sp³-hybridized carbons (Fsp3) is 0.923. The third-order valence-corrected chi connectivity index (χ3v) is 4.90. The lowest BCUT2D eigenvalue weighted by atomic mass is 9.85. The van der Waals surface area contributed by atoms with Gasteiger partial charge >= 0.3 is 0 Å². The third kappa shape index (κ3) is 2.60. The van der Waals surface area contributed by atoms with Crippen LogP contribution < -0.4 is 10.6 Å². The van der Waals surface area contributed by atoms with Gasteiger partial charge in [0.1, 0.15) is 0 Å². The average molecular weight is 259 g/mol. The summed E-state index contributed by atoms with van der Waals surface area (Å²) in [7, 11) is 0. The molecule has 0 aromatic heterocycles. The third-order valence-electron chi connectivity index (χ3n) is 4.90. The summed E-state index contributed by atoms with van der Waals surface area (Å²) in [5.41, 5.74) is 0.398. The van der Waals surface area contributed by atoms with Gasteiger partial charge in [-0.15, -0.1) is 12.4 Å². The predicted molar refractivity (Wildman–Crippen MR) is 70.2 cm³/mol. The van der Waals surface area contributed by atoms with Crippen LogP contribution in [0.25, 0.3) is 0 Å². The zero-order valence-electron chi connectivity index (χ0n) is 10.3. The minimum absolute atomic E-state index is 0. The lowest BCUT2D eigenvalue weighted by Crippen LogP contribution is -2.36. The molecular formula is C13H23ClN2O. The Balaban J connectivity index is 0.00000108. The molecular weight excluding hydrogens is 236 g/mol. The molecule has 1 spiro atoms. The van der Waals surface area contributed by atoms with Gasteiger partial charge in [-0.05, 0) is 56.5 Å². The van der Waals surface area contributed by atoms with E-state index in [9.17, 15) is 4.79 Å². The summed E-state index contributed by atoms with van der Waals surface area (Å²) in [6.45, 7) is 3.14. The second kappa shape index (κ2) is 5.15. The van der Waals surface area contributed by atoms with Crippen LogP contribution >= 0.6 is 12.4 Å². The first kappa shape index (κ1) is 13.2. The Kier molecular flexibility index (Phi) is 3.99. The van der Waals surface area contributed by atoms with Gasteiger partial charge in [0.2, 0.25) is 5.91 Å². The molecule has 1 amide bonds. The van der Waals surface area contributed by atoms with Crippen molar-refractivity contribution in [1.29, 1.82) is 0 Å². The summed E-state index contributed by atoms with van der Waals surface area (Å²) in [5, 5.41) is 6.54. The van der Waals surface area contributed by atoms with E-state index in [1.165, 1.54) is 32.1 Å². The molecule has 3 nitrogen and oxygen atoms in total. The number of hydrogen-bond donors (Lipinski definition) is 2. The molecule has 0 aromatic rings. The van der Waals surface area contributed by atoms with Crippen molar-refractivity contribution in [3.05, 3.63) is 0 Å². The average Bonchev–Trinajstić information content (AvgIpc) is 2.91. The zero-order chi connectivity index (χ0) is 11.0. The fourth-order valence-corrected chi connectivity index (χ4v) is 3.26. The molecule has 4 heteroatoms. The first-order valence-electron chi connectivity index (χ1n) is 6.79. The molecule has 98 valence electrons. The molecule has 1 heterocycles. The van der Waals surface area contributed by atoms with Crippen molar-refractivity contribution in [2.45, 2.75) is 38.5 Å². The summed E-state index contributed by atoms with van der Waals surface area (Å²) < 4.78 is 0. The van der Waals surface area contributed by atoms with E-state index in [0.29, 0.717) is 17.2 Å². The van der Waals surface area contributed by atoms with Crippen molar-refractivity contribution in [1.82, 2.24) is 10.6 Å². The smallest absolute Gasteiger partial charge is 0.223 e. The second-order valence-corrected chi connectivity index (χ2v) is 5.91. The molecule has 1 aliphatic heterocycles. The molecule has 3 aliphatic rings. The van der Waals surface area contributed by atoms with E-state index in [0.717, 1.165) is 32.0 Å². The minimum atomic E-state index is 0. The van der Waals surface area contributed by atoms with Gasteiger partial charge in [-0.3, -0.25) is 4.79 Å². The van der Waals surface area contributed by atoms with Crippen LogP contribution in [0, 0.1) is 17.3 Å². The largest absolute Gasteiger partial charge is 0.356 e. The lowest BCUT2D eigenvalue weighted by molar-refractivity contribution is -0.123. The maximum atomic E-state index is 12.0. The Morgan fingerprint density at radius 1 is 1.29 bits per heavy atom. The van der Waals surface area contributed by atoms with Crippen molar-refractivity contribution in [3.8, 4) is 0 Å². The molecule has 0 aromatic carbocycles. The number of halogens is 1. The Morgan fingerprint density at radius 3 is 2.59 bits per heavy atom. The van der Waals surface area contributed by atoms with Gasteiger partial charge in [0.05, 0.1) is 0 Å². The highest BCUT2D eigenvalue weighted by Gasteiger charge is 2.57. The zero-order valence-corrected chi connectivity index (χ0v) is 11.2. The monoisotopic (exact) mass is 258 g/mol. The van der Waals surface area contributed by atoms with Crippen molar-refractivity contribution >= 4 is 18.3 Å². The number of carbonyl (C=O) groups is 1. The van der Waals surface area contributed by atoms with E-state index in [-0.39, 0.29) is 12.4 Å². The van der Waals surface area contributed by atoms with Gasteiger partial charge in [-0.25, -0.2) is 0 Å². The van der Waals surface area contributed by atoms with E-state index < -0.39 is 0 Å². The fourth-order valence-electron chi connectivity index (χ4n) is 3.26. The molecule has 2 aliphatic carbocycles. The van der Waals surface area contributed by atoms with Gasteiger partial charge < -0.3 is 10.6 Å². The quantitative estimate of drug-likeness (QED) is 0.809. The molecule has 3 fully saturated rings. The number of amides is 1. The van der Waals surface area contributed by atoms with Gasteiger partial charge in [-0.2, -0.15) is 0 Å². The molecule has 0 bridgehead atoms. The molecule has 3 rings (SSSR count). The number of piperidine rings is 1. The van der Waals surface area contributed by atoms with Crippen LogP contribution in [0.15, 0.2) is 0 Å². The number of rotatable bonds is 3. The van der Waals surface area contributed by atoms with Crippen LogP contribution in [0.4, 0.5) is 0 Å². The minimum Gasteiger partial charge on any atom is -0.356 e. The molecule has 1 unspecified atom stereocenters. The van der Waals surface area contributed by atoms with Crippen LogP contribution in [0.1, 0.15) is 38.5 Å². The highest BCUT2D eigenvalue weighted by molar-refractivity contribution is 5.85. The van der Waals surface area contributed by atoms with Gasteiger partial charge in [0, 0.05) is 12.5 Å². The molecule has 1 atom stereocenters. The lowest BCUT2D eigenvalue weighted by Gasteiger charge is -2.26. The highest BCUT2D eigenvalue weighted by Crippen LogP contribution is 2.58. The first-order valence-corrected chi connectivity index (χ1v) is 6.79. The van der Waals surface area contributed by atoms with E-state index in [1.54, 1.807) is 0 Å². The van der Waals surface area contributed by atoms with Crippen LogP contribution in [0.3, 0.4) is 0 Å². The summed E-state index contributed by atoms with van der Waals surface area (Å²) in [6, 6.07) is 0. The van der Waals surface area contributed by atoms with Crippen LogP contribution in [0.2, 0.25) is 0 Å². The van der Waals surface area contributed by atoms with E-state index in [4.69, 9.17) is 0 Å². The van der Waals surface area contributed by atoms with E-state index in [2.05, 4.69) is 10.6 Å². The molecule has 2 N–H and O–H groups in total. The van der Waals surface area contributed by atoms with Crippen LogP contribution in [0.5, 0.6) is 0 Å². The summed E-state index contributed by atoms with van der Waals surface area (Å²) in [6.07, 6.45) is 7.55. The summed E-state index contributed by atoms with van der Waals surface area (Å²) in [5.74, 6) is 1.47. The number of carbonyl (C=O) groups excluding carboxylic acids is 1. The molecule has 17 heavy (non-hydrogen) atoms. The number of hydrogen-bond acceptors (Lipinski definition) is 2. The van der Waals surface area contributed by atoms with E-state index >= 15 is 0 Å². The Morgan fingerprint density at radius 2 is 2.00 bits per heavy atom. The van der Waals surface area contributed by atoms with Crippen molar-refractivity contribution in [2.75, 3.05) is 19.6 Å².